The van der Waals surface area contributed by atoms with Gasteiger partial charge in [-0.1, -0.05) is 37.6 Å². The molecule has 0 saturated heterocycles. The van der Waals surface area contributed by atoms with Crippen LogP contribution in [-0.2, 0) is 33.1 Å². The van der Waals surface area contributed by atoms with Crippen LogP contribution in [-0.4, -0.2) is 66.8 Å². The summed E-state index contributed by atoms with van der Waals surface area (Å²) in [5.41, 5.74) is 2.07. The number of urea groups is 2. The molecule has 3 N–H and O–H groups in total. The molecule has 2 aromatic heterocycles. The summed E-state index contributed by atoms with van der Waals surface area (Å²) in [4.78, 5) is 36.5. The van der Waals surface area contributed by atoms with Gasteiger partial charge in [-0.3, -0.25) is 14.7 Å². The van der Waals surface area contributed by atoms with Crippen LogP contribution in [0.5, 0.6) is 0 Å². The number of halogens is 1. The number of benzene rings is 3. The van der Waals surface area contributed by atoms with Crippen molar-refractivity contribution >= 4 is 60.8 Å². The van der Waals surface area contributed by atoms with E-state index >= 15 is 0 Å². The van der Waals surface area contributed by atoms with Crippen LogP contribution in [0.4, 0.5) is 26.7 Å². The zero-order valence-corrected chi connectivity index (χ0v) is 32.0. The highest BCUT2D eigenvalue weighted by molar-refractivity contribution is 7.92. The molecule has 282 valence electrons. The molecular weight excluding hydrogens is 752 g/mol. The van der Waals surface area contributed by atoms with Gasteiger partial charge in [0.05, 0.1) is 22.9 Å². The van der Waals surface area contributed by atoms with Gasteiger partial charge in [0.15, 0.2) is 0 Å². The fraction of sp³-hybridized carbons (Fsp3) is 0.189. The molecule has 3 aromatic carbocycles. The summed E-state index contributed by atoms with van der Waals surface area (Å²) in [6.07, 6.45) is 6.28. The summed E-state index contributed by atoms with van der Waals surface area (Å²) < 4.78 is 56.0. The first-order chi connectivity index (χ1) is 25.7. The highest BCUT2D eigenvalue weighted by atomic mass is 35.5. The molecule has 2 heterocycles. The van der Waals surface area contributed by atoms with E-state index in [4.69, 9.17) is 11.6 Å². The molecule has 5 aromatic rings. The normalized spacial score (nSPS) is 11.6. The third-order valence-electron chi connectivity index (χ3n) is 7.82. The number of carbonyl (C=O) groups excluding carboxylic acids is 2. The predicted molar refractivity (Wildman–Crippen MR) is 207 cm³/mol. The van der Waals surface area contributed by atoms with Crippen molar-refractivity contribution in [1.82, 2.24) is 24.3 Å². The lowest BCUT2D eigenvalue weighted by atomic mass is 10.2. The second kappa shape index (κ2) is 17.5. The molecular formula is C37H39ClN8O6S2. The highest BCUT2D eigenvalue weighted by Crippen LogP contribution is 2.23. The van der Waals surface area contributed by atoms with Gasteiger partial charge in [0, 0.05) is 60.5 Å². The van der Waals surface area contributed by atoms with E-state index in [1.54, 1.807) is 61.2 Å². The molecule has 0 bridgehead atoms. The molecule has 0 aliphatic heterocycles. The van der Waals surface area contributed by atoms with E-state index in [9.17, 15) is 26.4 Å². The van der Waals surface area contributed by atoms with E-state index in [1.807, 2.05) is 13.8 Å². The average Bonchev–Trinajstić information content (AvgIpc) is 3.15. The molecule has 0 aliphatic rings. The maximum absolute atomic E-state index is 14.1. The largest absolute Gasteiger partial charge is 0.341 e. The number of aromatic nitrogens is 2. The minimum Gasteiger partial charge on any atom is -0.306 e. The number of hydrogen-bond donors (Lipinski definition) is 3. The summed E-state index contributed by atoms with van der Waals surface area (Å²) in [6.45, 7) is 4.00. The van der Waals surface area contributed by atoms with Gasteiger partial charge in [0.25, 0.3) is 10.0 Å². The molecule has 14 nitrogen and oxygen atoms in total. The Morgan fingerprint density at radius 1 is 0.667 bits per heavy atom. The Balaban J connectivity index is 1.41. The van der Waals surface area contributed by atoms with Crippen LogP contribution in [0, 0.1) is 5.92 Å². The quantitative estimate of drug-likeness (QED) is 0.108. The lowest BCUT2D eigenvalue weighted by Crippen LogP contribution is -2.52. The highest BCUT2D eigenvalue weighted by Gasteiger charge is 2.28. The van der Waals surface area contributed by atoms with Crippen LogP contribution >= 0.6 is 11.6 Å². The number of hydrogen-bond acceptors (Lipinski definition) is 8. The van der Waals surface area contributed by atoms with Crippen molar-refractivity contribution in [2.24, 2.45) is 5.92 Å². The Hall–Kier alpha value is -5.55. The number of nitrogens with zero attached hydrogens (tertiary/aromatic N) is 5. The van der Waals surface area contributed by atoms with Crippen molar-refractivity contribution in [3.63, 3.8) is 0 Å². The summed E-state index contributed by atoms with van der Waals surface area (Å²) in [7, 11) is -6.21. The standard InChI is InChI=1S/C37H39ClN8O6S2/c1-27(2)24-44(3)54(51,52)35-18-14-32(15-19-35)42-37(48)46(26-29-7-5-21-40-23-29)45(25-28-6-4-20-39-22-28)36(47)41-31-12-16-34(17-13-31)53(49,50)43-33-10-8-30(38)9-11-33/h4-23,27,43H,24-26H2,1-3H3,(H,41,47)(H,42,48). The van der Waals surface area contributed by atoms with E-state index < -0.39 is 32.1 Å². The maximum atomic E-state index is 14.1. The fourth-order valence-electron chi connectivity index (χ4n) is 5.19. The third kappa shape index (κ3) is 10.5. The number of pyridine rings is 2. The molecule has 0 spiro atoms. The van der Waals surface area contributed by atoms with E-state index in [0.717, 1.165) is 0 Å². The zero-order chi connectivity index (χ0) is 38.9. The van der Waals surface area contributed by atoms with Crippen molar-refractivity contribution < 1.29 is 26.4 Å². The second-order valence-corrected chi connectivity index (χ2v) is 16.7. The third-order valence-corrected chi connectivity index (χ3v) is 11.3. The van der Waals surface area contributed by atoms with E-state index in [-0.39, 0.29) is 40.2 Å². The van der Waals surface area contributed by atoms with Gasteiger partial charge in [-0.25, -0.2) is 40.7 Å². The molecule has 0 radical (unpaired) electrons. The first kappa shape index (κ1) is 39.7. The lowest BCUT2D eigenvalue weighted by molar-refractivity contribution is 0.0466. The summed E-state index contributed by atoms with van der Waals surface area (Å²) >= 11 is 5.91. The molecule has 0 unspecified atom stereocenters. The maximum Gasteiger partial charge on any atom is 0.341 e. The summed E-state index contributed by atoms with van der Waals surface area (Å²) in [5.74, 6) is 0.125. The van der Waals surface area contributed by atoms with Crippen LogP contribution in [0.3, 0.4) is 0 Å². The number of carbonyl (C=O) groups is 2. The van der Waals surface area contributed by atoms with Crippen molar-refractivity contribution in [2.45, 2.75) is 36.7 Å². The van der Waals surface area contributed by atoms with E-state index in [1.165, 1.54) is 82.0 Å². The Labute approximate surface area is 319 Å². The molecule has 17 heteroatoms. The van der Waals surface area contributed by atoms with Crippen LogP contribution < -0.4 is 15.4 Å². The van der Waals surface area contributed by atoms with Crippen molar-refractivity contribution in [2.75, 3.05) is 28.9 Å². The predicted octanol–water partition coefficient (Wildman–Crippen LogP) is 6.89. The van der Waals surface area contributed by atoms with Gasteiger partial charge in [0.1, 0.15) is 0 Å². The van der Waals surface area contributed by atoms with Gasteiger partial charge < -0.3 is 10.6 Å². The number of hydrazine groups is 1. The van der Waals surface area contributed by atoms with Crippen molar-refractivity contribution in [3.8, 4) is 0 Å². The minimum absolute atomic E-state index is 0.0503. The molecule has 5 rings (SSSR count). The zero-order valence-electron chi connectivity index (χ0n) is 29.6. The van der Waals surface area contributed by atoms with Crippen LogP contribution in [0.15, 0.2) is 132 Å². The van der Waals surface area contributed by atoms with Gasteiger partial charge in [-0.05, 0) is 102 Å². The Morgan fingerprint density at radius 2 is 1.11 bits per heavy atom. The molecule has 4 amide bonds. The molecule has 54 heavy (non-hydrogen) atoms. The van der Waals surface area contributed by atoms with Gasteiger partial charge in [-0.15, -0.1) is 0 Å². The first-order valence-electron chi connectivity index (χ1n) is 16.6. The van der Waals surface area contributed by atoms with Gasteiger partial charge in [-0.2, -0.15) is 0 Å². The van der Waals surface area contributed by atoms with Crippen molar-refractivity contribution in [3.05, 3.63) is 138 Å². The number of sulfonamides is 2. The van der Waals surface area contributed by atoms with Crippen LogP contribution in [0.1, 0.15) is 25.0 Å². The average molecular weight is 791 g/mol. The number of nitrogens with one attached hydrogen (secondary N) is 3. The molecule has 0 aliphatic carbocycles. The lowest BCUT2D eigenvalue weighted by Gasteiger charge is -2.35. The Morgan fingerprint density at radius 3 is 1.54 bits per heavy atom. The van der Waals surface area contributed by atoms with Gasteiger partial charge >= 0.3 is 12.1 Å². The van der Waals surface area contributed by atoms with Gasteiger partial charge in [0.2, 0.25) is 10.0 Å². The molecule has 0 saturated carbocycles. The first-order valence-corrected chi connectivity index (χ1v) is 19.9. The summed E-state index contributed by atoms with van der Waals surface area (Å²) in [5, 5.41) is 8.37. The topological polar surface area (TPSA) is 174 Å². The molecule has 0 atom stereocenters. The summed E-state index contributed by atoms with van der Waals surface area (Å²) in [6, 6.07) is 22.9. The van der Waals surface area contributed by atoms with E-state index in [0.29, 0.717) is 28.4 Å². The fourth-order valence-corrected chi connectivity index (χ4v) is 7.71. The second-order valence-electron chi connectivity index (χ2n) is 12.5. The monoisotopic (exact) mass is 790 g/mol. The Bertz CT molecular complexity index is 2250. The van der Waals surface area contributed by atoms with E-state index in [2.05, 4.69) is 25.3 Å². The Kier molecular flexibility index (Phi) is 12.9. The number of rotatable bonds is 13. The number of amides is 4. The SMILES string of the molecule is CC(C)CN(C)S(=O)(=O)c1ccc(NC(=O)N(Cc2cccnc2)N(Cc2cccnc2)C(=O)Nc2ccc(S(=O)(=O)Nc3ccc(Cl)cc3)cc2)cc1. The smallest absolute Gasteiger partial charge is 0.306 e. The molecule has 0 fully saturated rings. The minimum atomic E-state index is -3.96. The van der Waals surface area contributed by atoms with Crippen LogP contribution in [0.25, 0.3) is 0 Å². The van der Waals surface area contributed by atoms with Crippen molar-refractivity contribution in [1.29, 1.82) is 0 Å². The number of anilines is 3. The van der Waals surface area contributed by atoms with Crippen LogP contribution in [0.2, 0.25) is 5.02 Å².